The number of imidazole rings is 1. The van der Waals surface area contributed by atoms with E-state index in [1.807, 2.05) is 13.0 Å². The van der Waals surface area contributed by atoms with E-state index in [4.69, 9.17) is 0 Å². The molecule has 0 saturated carbocycles. The molecule has 1 unspecified atom stereocenters. The number of hydrogen-bond donors (Lipinski definition) is 2. The molecule has 2 aliphatic rings. The molecule has 27 heavy (non-hydrogen) atoms. The van der Waals surface area contributed by atoms with Crippen molar-refractivity contribution in [2.24, 2.45) is 5.41 Å². The van der Waals surface area contributed by atoms with Crippen LogP contribution in [0, 0.1) is 12.3 Å². The van der Waals surface area contributed by atoms with Gasteiger partial charge in [0.05, 0.1) is 12.0 Å². The van der Waals surface area contributed by atoms with Crippen LogP contribution < -0.4 is 0 Å². The van der Waals surface area contributed by atoms with Gasteiger partial charge in [0.25, 0.3) is 5.91 Å². The molecule has 3 heterocycles. The van der Waals surface area contributed by atoms with Gasteiger partial charge >= 0.3 is 0 Å². The fourth-order valence-electron chi connectivity index (χ4n) is 3.39. The summed E-state index contributed by atoms with van der Waals surface area (Å²) in [4.78, 5) is 35.5. The Kier molecular flexibility index (Phi) is 5.24. The average molecular weight is 372 g/mol. The van der Waals surface area contributed by atoms with Crippen molar-refractivity contribution in [2.75, 3.05) is 26.2 Å². The molecule has 2 amide bonds. The standard InChI is InChI=1S/C20H28N4O3/c1-13-16(22-12-21-13)7-17(25)19(27)24-10-14-8-23(9-15(14)11-24)18(26)5-6-20(2,3)4/h5-6,12,17,25H,7-11H2,1-4H3,(H,21,22)/b6-5+. The highest BCUT2D eigenvalue weighted by Crippen LogP contribution is 2.27. The van der Waals surface area contributed by atoms with Gasteiger partial charge in [-0.1, -0.05) is 26.8 Å². The van der Waals surface area contributed by atoms with E-state index < -0.39 is 6.10 Å². The number of carbonyl (C=O) groups is 2. The summed E-state index contributed by atoms with van der Waals surface area (Å²) in [5, 5.41) is 10.3. The molecular formula is C20H28N4O3. The van der Waals surface area contributed by atoms with Gasteiger partial charge in [-0.05, 0) is 29.6 Å². The molecule has 146 valence electrons. The van der Waals surface area contributed by atoms with E-state index in [2.05, 4.69) is 30.7 Å². The minimum Gasteiger partial charge on any atom is -0.383 e. The number of aromatic amines is 1. The van der Waals surface area contributed by atoms with Crippen LogP contribution in [-0.2, 0) is 16.0 Å². The van der Waals surface area contributed by atoms with Crippen LogP contribution >= 0.6 is 0 Å². The van der Waals surface area contributed by atoms with Crippen LogP contribution in [0.25, 0.3) is 0 Å². The number of amides is 2. The van der Waals surface area contributed by atoms with Gasteiger partial charge in [-0.25, -0.2) is 4.98 Å². The van der Waals surface area contributed by atoms with Gasteiger partial charge < -0.3 is 19.9 Å². The first-order chi connectivity index (χ1) is 12.6. The summed E-state index contributed by atoms with van der Waals surface area (Å²) in [5.41, 5.74) is 3.77. The third-order valence-corrected chi connectivity index (χ3v) is 4.98. The zero-order valence-corrected chi connectivity index (χ0v) is 16.5. The van der Waals surface area contributed by atoms with Crippen molar-refractivity contribution in [3.05, 3.63) is 41.0 Å². The lowest BCUT2D eigenvalue weighted by Gasteiger charge is -2.24. The van der Waals surface area contributed by atoms with Gasteiger partial charge in [0.2, 0.25) is 5.91 Å². The molecule has 0 fully saturated rings. The highest BCUT2D eigenvalue weighted by Gasteiger charge is 2.35. The van der Waals surface area contributed by atoms with E-state index in [1.54, 1.807) is 22.2 Å². The van der Waals surface area contributed by atoms with Gasteiger partial charge in [0, 0.05) is 38.3 Å². The molecular weight excluding hydrogens is 344 g/mol. The van der Waals surface area contributed by atoms with Crippen molar-refractivity contribution in [3.8, 4) is 0 Å². The first-order valence-electron chi connectivity index (χ1n) is 9.27. The Bertz CT molecular complexity index is 782. The Morgan fingerprint density at radius 3 is 2.33 bits per heavy atom. The molecule has 7 heteroatoms. The Morgan fingerprint density at radius 1 is 1.22 bits per heavy atom. The van der Waals surface area contributed by atoms with E-state index in [0.29, 0.717) is 31.9 Å². The number of carbonyl (C=O) groups excluding carboxylic acids is 2. The Labute approximate surface area is 159 Å². The van der Waals surface area contributed by atoms with Crippen molar-refractivity contribution in [2.45, 2.75) is 40.2 Å². The van der Waals surface area contributed by atoms with E-state index in [1.165, 1.54) is 0 Å². The summed E-state index contributed by atoms with van der Waals surface area (Å²) < 4.78 is 0. The number of aliphatic hydroxyl groups excluding tert-OH is 1. The van der Waals surface area contributed by atoms with Crippen LogP contribution in [-0.4, -0.2) is 69.0 Å². The first-order valence-corrected chi connectivity index (χ1v) is 9.27. The summed E-state index contributed by atoms with van der Waals surface area (Å²) in [6.07, 6.45) is 4.23. The summed E-state index contributed by atoms with van der Waals surface area (Å²) in [5.74, 6) is -0.274. The molecule has 3 rings (SSSR count). The van der Waals surface area contributed by atoms with Crippen LogP contribution in [0.2, 0.25) is 0 Å². The smallest absolute Gasteiger partial charge is 0.252 e. The van der Waals surface area contributed by atoms with E-state index >= 15 is 0 Å². The van der Waals surface area contributed by atoms with E-state index in [9.17, 15) is 14.7 Å². The number of nitrogens with one attached hydrogen (secondary N) is 1. The molecule has 0 saturated heterocycles. The molecule has 0 bridgehead atoms. The molecule has 1 aromatic rings. The number of allylic oxidation sites excluding steroid dienone is 1. The molecule has 0 spiro atoms. The van der Waals surface area contributed by atoms with Crippen LogP contribution in [0.1, 0.15) is 32.2 Å². The quantitative estimate of drug-likeness (QED) is 0.614. The first kappa shape index (κ1) is 19.4. The number of nitrogens with zero attached hydrogens (tertiary/aromatic N) is 3. The average Bonchev–Trinajstić information content (AvgIpc) is 3.26. The molecule has 2 N–H and O–H groups in total. The molecule has 0 radical (unpaired) electrons. The normalized spacial score (nSPS) is 18.6. The van der Waals surface area contributed by atoms with Crippen molar-refractivity contribution in [1.29, 1.82) is 0 Å². The number of H-pyrrole nitrogens is 1. The lowest BCUT2D eigenvalue weighted by molar-refractivity contribution is -0.138. The molecule has 1 atom stereocenters. The van der Waals surface area contributed by atoms with E-state index in [-0.39, 0.29) is 23.7 Å². The van der Waals surface area contributed by atoms with Crippen LogP contribution in [0.15, 0.2) is 29.6 Å². The highest BCUT2D eigenvalue weighted by atomic mass is 16.3. The Balaban J connectivity index is 1.52. The van der Waals surface area contributed by atoms with Gasteiger partial charge in [-0.3, -0.25) is 9.59 Å². The fraction of sp³-hybridized carbons (Fsp3) is 0.550. The fourth-order valence-corrected chi connectivity index (χ4v) is 3.39. The molecule has 0 aliphatic carbocycles. The second-order valence-electron chi connectivity index (χ2n) is 8.49. The largest absolute Gasteiger partial charge is 0.383 e. The zero-order valence-electron chi connectivity index (χ0n) is 16.5. The minimum atomic E-state index is -1.10. The third-order valence-electron chi connectivity index (χ3n) is 4.98. The summed E-state index contributed by atoms with van der Waals surface area (Å²) in [6, 6.07) is 0. The highest BCUT2D eigenvalue weighted by molar-refractivity contribution is 5.89. The third kappa shape index (κ3) is 4.47. The van der Waals surface area contributed by atoms with E-state index in [0.717, 1.165) is 16.8 Å². The molecule has 2 aliphatic heterocycles. The molecule has 0 aromatic carbocycles. The molecule has 1 aromatic heterocycles. The predicted molar refractivity (Wildman–Crippen MR) is 102 cm³/mol. The Hall–Kier alpha value is -2.41. The number of aliphatic hydroxyl groups is 1. The maximum atomic E-state index is 12.6. The number of rotatable bonds is 4. The van der Waals surface area contributed by atoms with Gasteiger partial charge in [0.1, 0.15) is 6.10 Å². The van der Waals surface area contributed by atoms with Crippen molar-refractivity contribution >= 4 is 11.8 Å². The molecule has 7 nitrogen and oxygen atoms in total. The monoisotopic (exact) mass is 372 g/mol. The number of hydrogen-bond acceptors (Lipinski definition) is 4. The summed E-state index contributed by atoms with van der Waals surface area (Å²) in [6.45, 7) is 10.1. The maximum absolute atomic E-state index is 12.6. The lowest BCUT2D eigenvalue weighted by Crippen LogP contribution is -2.41. The summed E-state index contributed by atoms with van der Waals surface area (Å²) in [7, 11) is 0. The lowest BCUT2D eigenvalue weighted by atomic mass is 9.96. The van der Waals surface area contributed by atoms with Crippen molar-refractivity contribution < 1.29 is 14.7 Å². The maximum Gasteiger partial charge on any atom is 0.252 e. The van der Waals surface area contributed by atoms with Gasteiger partial charge in [0.15, 0.2) is 0 Å². The Morgan fingerprint density at radius 2 is 1.81 bits per heavy atom. The predicted octanol–water partition coefficient (Wildman–Crippen LogP) is 1.20. The second kappa shape index (κ2) is 7.31. The topological polar surface area (TPSA) is 89.5 Å². The van der Waals surface area contributed by atoms with Crippen LogP contribution in [0.4, 0.5) is 0 Å². The van der Waals surface area contributed by atoms with Crippen molar-refractivity contribution in [3.63, 3.8) is 0 Å². The van der Waals surface area contributed by atoms with Gasteiger partial charge in [-0.2, -0.15) is 0 Å². The zero-order chi connectivity index (χ0) is 19.8. The number of aromatic nitrogens is 2. The van der Waals surface area contributed by atoms with Crippen LogP contribution in [0.3, 0.4) is 0 Å². The second-order valence-corrected chi connectivity index (χ2v) is 8.49. The van der Waals surface area contributed by atoms with Crippen LogP contribution in [0.5, 0.6) is 0 Å². The van der Waals surface area contributed by atoms with Gasteiger partial charge in [-0.15, -0.1) is 0 Å². The summed E-state index contributed by atoms with van der Waals surface area (Å²) >= 11 is 0. The minimum absolute atomic E-state index is 0.00578. The van der Waals surface area contributed by atoms with Crippen molar-refractivity contribution in [1.82, 2.24) is 19.8 Å². The SMILES string of the molecule is Cc1[nH]cnc1CC(O)C(=O)N1CC2=C(CN(C(=O)/C=C/C(C)(C)C)C2)C1. The number of aryl methyl sites for hydroxylation is 1.